The monoisotopic (exact) mass is 447 g/mol. The molecule has 0 radical (unpaired) electrons. The summed E-state index contributed by atoms with van der Waals surface area (Å²) < 4.78 is 18.5. The van der Waals surface area contributed by atoms with Gasteiger partial charge in [0.25, 0.3) is 0 Å². The van der Waals surface area contributed by atoms with Crippen LogP contribution >= 0.6 is 0 Å². The van der Waals surface area contributed by atoms with Crippen LogP contribution in [0.5, 0.6) is 11.5 Å². The van der Waals surface area contributed by atoms with Crippen LogP contribution in [0.1, 0.15) is 50.5 Å². The summed E-state index contributed by atoms with van der Waals surface area (Å²) >= 11 is 0. The van der Waals surface area contributed by atoms with E-state index in [1.165, 1.54) is 0 Å². The number of aromatic hydroxyl groups is 1. The smallest absolute Gasteiger partial charge is 0.158 e. The molecular formula is C27H29NO5. The minimum Gasteiger partial charge on any atom is -0.507 e. The number of rotatable bonds is 5. The molecule has 6 nitrogen and oxygen atoms in total. The van der Waals surface area contributed by atoms with Crippen LogP contribution in [-0.4, -0.2) is 28.7 Å². The number of hydrogen-bond acceptors (Lipinski definition) is 6. The first-order chi connectivity index (χ1) is 15.9. The van der Waals surface area contributed by atoms with E-state index in [4.69, 9.17) is 14.2 Å². The summed E-state index contributed by atoms with van der Waals surface area (Å²) in [6.45, 7) is 5.88. The molecule has 0 aromatic heterocycles. The summed E-state index contributed by atoms with van der Waals surface area (Å²) in [7, 11) is 0. The van der Waals surface area contributed by atoms with Gasteiger partial charge in [0.1, 0.15) is 11.9 Å². The molecule has 5 rings (SSSR count). The summed E-state index contributed by atoms with van der Waals surface area (Å²) in [5, 5.41) is 25.4. The van der Waals surface area contributed by atoms with E-state index in [-0.39, 0.29) is 24.1 Å². The number of hydrogen-bond donors (Lipinski definition) is 3. The Morgan fingerprint density at radius 3 is 2.30 bits per heavy atom. The molecule has 0 aliphatic carbocycles. The van der Waals surface area contributed by atoms with Crippen molar-refractivity contribution in [3.05, 3.63) is 71.8 Å². The second-order valence-corrected chi connectivity index (χ2v) is 8.84. The molecule has 0 bridgehead atoms. The van der Waals surface area contributed by atoms with E-state index in [1.54, 1.807) is 0 Å². The number of para-hydroxylation sites is 1. The lowest BCUT2D eigenvalue weighted by molar-refractivity contribution is -0.113. The first kappa shape index (κ1) is 21.8. The fraction of sp³-hybridized carbons (Fsp3) is 0.333. The van der Waals surface area contributed by atoms with E-state index in [9.17, 15) is 10.2 Å². The Hall–Kier alpha value is -3.06. The Balaban J connectivity index is 1.82. The van der Waals surface area contributed by atoms with E-state index < -0.39 is 12.4 Å². The summed E-state index contributed by atoms with van der Waals surface area (Å²) in [4.78, 5) is 0. The van der Waals surface area contributed by atoms with Crippen molar-refractivity contribution in [1.82, 2.24) is 0 Å². The zero-order valence-corrected chi connectivity index (χ0v) is 19.0. The van der Waals surface area contributed by atoms with Crippen LogP contribution < -0.4 is 10.1 Å². The normalized spacial score (nSPS) is 23.8. The van der Waals surface area contributed by atoms with Crippen LogP contribution in [0.3, 0.4) is 0 Å². The highest BCUT2D eigenvalue weighted by molar-refractivity contribution is 5.89. The van der Waals surface area contributed by atoms with Crippen molar-refractivity contribution in [3.63, 3.8) is 0 Å². The third-order valence-electron chi connectivity index (χ3n) is 6.11. The van der Waals surface area contributed by atoms with Gasteiger partial charge in [0.2, 0.25) is 0 Å². The molecule has 6 heteroatoms. The minimum absolute atomic E-state index is 0.102. The molecule has 3 aromatic rings. The quantitative estimate of drug-likeness (QED) is 0.427. The SMILES string of the molecule is CC(C)Oc1c(Nc2ccccc2)c2c(c(O)c1-c1ccccc1)[C@@H]1OC(O)C[C@@H]1O[C@H]2C. The number of benzene rings is 3. The van der Waals surface area contributed by atoms with E-state index in [0.29, 0.717) is 23.3 Å². The van der Waals surface area contributed by atoms with Crippen LogP contribution in [0.2, 0.25) is 0 Å². The standard InChI is InChI=1S/C27H29NO5/c1-15(2)31-27-22(17-10-6-4-7-11-17)25(30)23-21(24(27)28-18-12-8-5-9-13-18)16(3)32-19-14-20(29)33-26(19)23/h4-13,15-16,19-20,26,28-30H,14H2,1-3H3/t16-,19-,20?,26+/m0/s1. The van der Waals surface area contributed by atoms with Crippen LogP contribution in [0, 0.1) is 0 Å². The number of fused-ring (bicyclic) bond motifs is 3. The average Bonchev–Trinajstić information content (AvgIpc) is 3.16. The zero-order chi connectivity index (χ0) is 23.1. The Morgan fingerprint density at radius 2 is 1.64 bits per heavy atom. The van der Waals surface area contributed by atoms with E-state index in [1.807, 2.05) is 81.4 Å². The van der Waals surface area contributed by atoms with Gasteiger partial charge in [-0.05, 0) is 38.5 Å². The van der Waals surface area contributed by atoms with E-state index in [0.717, 1.165) is 22.5 Å². The van der Waals surface area contributed by atoms with Crippen LogP contribution in [0.25, 0.3) is 11.1 Å². The molecule has 1 fully saturated rings. The summed E-state index contributed by atoms with van der Waals surface area (Å²) in [6.07, 6.45) is -1.95. The molecule has 1 saturated heterocycles. The lowest BCUT2D eigenvalue weighted by atomic mass is 9.85. The van der Waals surface area contributed by atoms with Crippen molar-refractivity contribution in [2.24, 2.45) is 0 Å². The van der Waals surface area contributed by atoms with Crippen molar-refractivity contribution in [1.29, 1.82) is 0 Å². The van der Waals surface area contributed by atoms with Gasteiger partial charge in [-0.15, -0.1) is 0 Å². The Bertz CT molecular complexity index is 1130. The minimum atomic E-state index is -0.935. The molecule has 2 heterocycles. The summed E-state index contributed by atoms with van der Waals surface area (Å²) in [5.74, 6) is 0.661. The molecule has 0 saturated carbocycles. The molecule has 1 unspecified atom stereocenters. The summed E-state index contributed by atoms with van der Waals surface area (Å²) in [5.41, 5.74) is 4.47. The molecule has 0 spiro atoms. The highest BCUT2D eigenvalue weighted by Crippen LogP contribution is 2.57. The van der Waals surface area contributed by atoms with E-state index in [2.05, 4.69) is 5.32 Å². The number of phenols is 1. The van der Waals surface area contributed by atoms with Crippen molar-refractivity contribution < 1.29 is 24.4 Å². The van der Waals surface area contributed by atoms with E-state index >= 15 is 0 Å². The van der Waals surface area contributed by atoms with Crippen molar-refractivity contribution in [2.75, 3.05) is 5.32 Å². The third kappa shape index (κ3) is 3.95. The third-order valence-corrected chi connectivity index (χ3v) is 6.11. The van der Waals surface area contributed by atoms with Gasteiger partial charge in [-0.3, -0.25) is 0 Å². The predicted octanol–water partition coefficient (Wildman–Crippen LogP) is 5.83. The molecule has 3 N–H and O–H groups in total. The fourth-order valence-electron chi connectivity index (χ4n) is 4.82. The molecule has 2 aliphatic rings. The zero-order valence-electron chi connectivity index (χ0n) is 19.0. The first-order valence-electron chi connectivity index (χ1n) is 11.4. The number of aliphatic hydroxyl groups is 1. The Kier molecular flexibility index (Phi) is 5.74. The average molecular weight is 448 g/mol. The van der Waals surface area contributed by atoms with Gasteiger partial charge in [-0.1, -0.05) is 48.5 Å². The number of nitrogens with one attached hydrogen (secondary N) is 1. The predicted molar refractivity (Wildman–Crippen MR) is 127 cm³/mol. The van der Waals surface area contributed by atoms with Crippen molar-refractivity contribution in [2.45, 2.75) is 57.9 Å². The van der Waals surface area contributed by atoms with Gasteiger partial charge in [-0.25, -0.2) is 0 Å². The second kappa shape index (κ2) is 8.71. The van der Waals surface area contributed by atoms with Crippen LogP contribution in [-0.2, 0) is 9.47 Å². The maximum absolute atomic E-state index is 11.7. The first-order valence-corrected chi connectivity index (χ1v) is 11.4. The summed E-state index contributed by atoms with van der Waals surface area (Å²) in [6, 6.07) is 19.5. The topological polar surface area (TPSA) is 80.2 Å². The maximum Gasteiger partial charge on any atom is 0.158 e. The fourth-order valence-corrected chi connectivity index (χ4v) is 4.82. The van der Waals surface area contributed by atoms with Crippen molar-refractivity contribution >= 4 is 11.4 Å². The second-order valence-electron chi connectivity index (χ2n) is 8.84. The molecule has 33 heavy (non-hydrogen) atoms. The molecule has 3 aromatic carbocycles. The highest BCUT2D eigenvalue weighted by atomic mass is 16.6. The molecular weight excluding hydrogens is 418 g/mol. The highest BCUT2D eigenvalue weighted by Gasteiger charge is 2.46. The Morgan fingerprint density at radius 1 is 0.970 bits per heavy atom. The van der Waals surface area contributed by atoms with Gasteiger partial charge in [0.05, 0.1) is 29.6 Å². The Labute approximate surface area is 193 Å². The molecule has 0 amide bonds. The number of phenolic OH excluding ortho intramolecular Hbond substituents is 1. The lowest BCUT2D eigenvalue weighted by Gasteiger charge is -2.36. The van der Waals surface area contributed by atoms with Crippen LogP contribution in [0.4, 0.5) is 11.4 Å². The van der Waals surface area contributed by atoms with Crippen LogP contribution in [0.15, 0.2) is 60.7 Å². The van der Waals surface area contributed by atoms with Gasteiger partial charge in [-0.2, -0.15) is 0 Å². The number of aliphatic hydroxyl groups excluding tert-OH is 1. The van der Waals surface area contributed by atoms with Crippen molar-refractivity contribution in [3.8, 4) is 22.6 Å². The molecule has 4 atom stereocenters. The van der Waals surface area contributed by atoms with Gasteiger partial charge < -0.3 is 29.7 Å². The van der Waals surface area contributed by atoms with Gasteiger partial charge >= 0.3 is 0 Å². The maximum atomic E-state index is 11.7. The largest absolute Gasteiger partial charge is 0.507 e. The molecule has 2 aliphatic heterocycles. The lowest BCUT2D eigenvalue weighted by Crippen LogP contribution is -2.28. The molecule has 172 valence electrons. The number of anilines is 2. The number of ether oxygens (including phenoxy) is 3. The van der Waals surface area contributed by atoms with Gasteiger partial charge in [0.15, 0.2) is 12.0 Å². The van der Waals surface area contributed by atoms with Gasteiger partial charge in [0, 0.05) is 23.2 Å².